The first-order valence-corrected chi connectivity index (χ1v) is 8.62. The van der Waals surface area contributed by atoms with Gasteiger partial charge in [-0.05, 0) is 5.10 Å². The molecule has 2 aliphatic rings. The summed E-state index contributed by atoms with van der Waals surface area (Å²) in [6, 6.07) is 13.5. The molecule has 0 aliphatic carbocycles. The molecule has 0 saturated carbocycles. The first-order valence-electron chi connectivity index (χ1n) is 8.62. The van der Waals surface area contributed by atoms with Crippen LogP contribution in [-0.2, 0) is 0 Å². The van der Waals surface area contributed by atoms with E-state index in [9.17, 15) is 0 Å². The molecule has 0 amide bonds. The van der Waals surface area contributed by atoms with E-state index in [4.69, 9.17) is 19.3 Å². The normalized spacial score (nSPS) is 19.5. The Labute approximate surface area is 162 Å². The Morgan fingerprint density at radius 3 is 2.29 bits per heavy atom. The van der Waals surface area contributed by atoms with Gasteiger partial charge in [-0.15, -0.1) is 0 Å². The van der Waals surface area contributed by atoms with Gasteiger partial charge in [-0.1, -0.05) is 22.8 Å². The molecule has 28 heavy (non-hydrogen) atoms. The summed E-state index contributed by atoms with van der Waals surface area (Å²) in [5, 5.41) is 8.04. The number of guanidine groups is 1. The van der Waals surface area contributed by atoms with Crippen LogP contribution in [0, 0.1) is 0 Å². The van der Waals surface area contributed by atoms with Crippen LogP contribution in [0.4, 0.5) is 11.4 Å². The highest BCUT2D eigenvalue weighted by Gasteiger charge is 2.42. The molecule has 8 nitrogen and oxygen atoms in total. The fourth-order valence-electron chi connectivity index (χ4n) is 3.15. The highest BCUT2D eigenvalue weighted by molar-refractivity contribution is 6.38. The lowest BCUT2D eigenvalue weighted by atomic mass is 10.2. The van der Waals surface area contributed by atoms with Crippen LogP contribution in [-0.4, -0.2) is 39.3 Å². The molecule has 4 rings (SSSR count). The fraction of sp³-hybridized carbons (Fsp3) is 0.150. The minimum absolute atomic E-state index is 0.122. The Balaban J connectivity index is 1.73. The number of methoxy groups -OCH3 is 3. The van der Waals surface area contributed by atoms with Gasteiger partial charge in [0.25, 0.3) is 11.8 Å². The molecule has 2 aliphatic heterocycles. The molecule has 0 radical (unpaired) electrons. The van der Waals surface area contributed by atoms with Crippen molar-refractivity contribution in [2.75, 3.05) is 26.6 Å². The van der Waals surface area contributed by atoms with E-state index in [2.05, 4.69) is 15.3 Å². The largest absolute Gasteiger partial charge is 0.493 e. The SMILES string of the molecule is COc1cc(NC2=N[N+]3(c4ccccc4)C=CN=CC3=N2)cc(OC)c1OC. The zero-order valence-electron chi connectivity index (χ0n) is 15.8. The molecule has 1 N–H and O–H groups in total. The molecule has 0 fully saturated rings. The molecule has 2 heterocycles. The van der Waals surface area contributed by atoms with Gasteiger partial charge in [-0.3, -0.25) is 4.99 Å². The molecule has 1 atom stereocenters. The van der Waals surface area contributed by atoms with E-state index in [1.54, 1.807) is 45.9 Å². The summed E-state index contributed by atoms with van der Waals surface area (Å²) < 4.78 is 16.3. The summed E-state index contributed by atoms with van der Waals surface area (Å²) in [4.78, 5) is 8.82. The number of quaternary nitrogens is 1. The van der Waals surface area contributed by atoms with Gasteiger partial charge in [0.15, 0.2) is 23.4 Å². The molecule has 1 unspecified atom stereocenters. The molecular formula is C20H20N5O3+. The monoisotopic (exact) mass is 378 g/mol. The van der Waals surface area contributed by atoms with E-state index >= 15 is 0 Å². The van der Waals surface area contributed by atoms with Crippen LogP contribution in [0.5, 0.6) is 17.2 Å². The molecule has 0 aromatic heterocycles. The number of benzene rings is 2. The zero-order valence-corrected chi connectivity index (χ0v) is 15.8. The fourth-order valence-corrected chi connectivity index (χ4v) is 3.15. The second-order valence-electron chi connectivity index (χ2n) is 6.03. The number of fused-ring (bicyclic) bond motifs is 1. The highest BCUT2D eigenvalue weighted by atomic mass is 16.5. The summed E-state index contributed by atoms with van der Waals surface area (Å²) >= 11 is 0. The number of hydrogen-bond donors (Lipinski definition) is 1. The van der Waals surface area contributed by atoms with Crippen LogP contribution in [0.25, 0.3) is 0 Å². The van der Waals surface area contributed by atoms with Crippen molar-refractivity contribution >= 4 is 29.4 Å². The first-order chi connectivity index (χ1) is 13.7. The van der Waals surface area contributed by atoms with Gasteiger partial charge < -0.3 is 19.5 Å². The van der Waals surface area contributed by atoms with Crippen LogP contribution in [0.15, 0.2) is 70.0 Å². The average molecular weight is 378 g/mol. The lowest BCUT2D eigenvalue weighted by Gasteiger charge is -2.23. The lowest BCUT2D eigenvalue weighted by Crippen LogP contribution is -2.44. The number of nitrogens with one attached hydrogen (secondary N) is 1. The Bertz CT molecular complexity index is 989. The Morgan fingerprint density at radius 1 is 0.929 bits per heavy atom. The summed E-state index contributed by atoms with van der Waals surface area (Å²) in [7, 11) is 4.72. The number of hydrogen-bond acceptors (Lipinski definition) is 7. The van der Waals surface area contributed by atoms with Crippen LogP contribution < -0.4 is 24.1 Å². The average Bonchev–Trinajstić information content (AvgIpc) is 3.12. The lowest BCUT2D eigenvalue weighted by molar-refractivity contribution is 0.324. The highest BCUT2D eigenvalue weighted by Crippen LogP contribution is 2.40. The number of para-hydroxylation sites is 1. The van der Waals surface area contributed by atoms with Crippen molar-refractivity contribution in [3.8, 4) is 17.2 Å². The summed E-state index contributed by atoms with van der Waals surface area (Å²) in [5.41, 5.74) is 1.68. The molecule has 0 saturated heterocycles. The molecule has 142 valence electrons. The second kappa shape index (κ2) is 7.16. The van der Waals surface area contributed by atoms with Gasteiger partial charge in [0.05, 0.1) is 27.5 Å². The van der Waals surface area contributed by atoms with Crippen molar-refractivity contribution in [2.45, 2.75) is 0 Å². The summed E-state index contributed by atoms with van der Waals surface area (Å²) in [6.07, 6.45) is 5.32. The molecule has 0 spiro atoms. The molecular weight excluding hydrogens is 358 g/mol. The molecule has 2 aromatic carbocycles. The van der Waals surface area contributed by atoms with Crippen molar-refractivity contribution in [1.29, 1.82) is 0 Å². The maximum Gasteiger partial charge on any atom is 0.287 e. The van der Waals surface area contributed by atoms with Crippen molar-refractivity contribution in [3.05, 3.63) is 54.9 Å². The van der Waals surface area contributed by atoms with E-state index in [0.29, 0.717) is 34.7 Å². The van der Waals surface area contributed by atoms with E-state index in [0.717, 1.165) is 5.69 Å². The predicted molar refractivity (Wildman–Crippen MR) is 110 cm³/mol. The van der Waals surface area contributed by atoms with Gasteiger partial charge in [-0.25, -0.2) is 0 Å². The van der Waals surface area contributed by atoms with Crippen molar-refractivity contribution in [2.24, 2.45) is 15.1 Å². The van der Waals surface area contributed by atoms with E-state index < -0.39 is 0 Å². The van der Waals surface area contributed by atoms with Crippen LogP contribution in [0.1, 0.15) is 0 Å². The van der Waals surface area contributed by atoms with Crippen molar-refractivity contribution < 1.29 is 14.2 Å². The topological polar surface area (TPSA) is 76.8 Å². The number of ether oxygens (including phenoxy) is 3. The molecule has 2 aromatic rings. The van der Waals surface area contributed by atoms with Crippen LogP contribution in [0.3, 0.4) is 0 Å². The predicted octanol–water partition coefficient (Wildman–Crippen LogP) is 3.37. The van der Waals surface area contributed by atoms with Gasteiger partial charge in [0.2, 0.25) is 5.75 Å². The smallest absolute Gasteiger partial charge is 0.287 e. The van der Waals surface area contributed by atoms with Crippen LogP contribution in [0.2, 0.25) is 0 Å². The van der Waals surface area contributed by atoms with Gasteiger partial charge in [-0.2, -0.15) is 4.99 Å². The quantitative estimate of drug-likeness (QED) is 0.810. The van der Waals surface area contributed by atoms with Crippen LogP contribution >= 0.6 is 0 Å². The standard InChI is InChI=1S/C20H20N5O3/c1-26-16-11-14(12-17(27-2)19(16)28-3)22-20-23-18-13-21-9-10-25(18,24-20)15-7-5-4-6-8-15/h4-13H,1-3H3,(H,22,24)/q+1. The molecule has 8 heteroatoms. The minimum Gasteiger partial charge on any atom is -0.493 e. The maximum atomic E-state index is 5.41. The van der Waals surface area contributed by atoms with Crippen molar-refractivity contribution in [3.63, 3.8) is 0 Å². The zero-order chi connectivity index (χ0) is 19.6. The minimum atomic E-state index is 0.122. The number of rotatable bonds is 5. The Morgan fingerprint density at radius 2 is 1.64 bits per heavy atom. The van der Waals surface area contributed by atoms with E-state index in [-0.39, 0.29) is 4.59 Å². The van der Waals surface area contributed by atoms with E-state index in [1.807, 2.05) is 36.5 Å². The number of anilines is 1. The maximum absolute atomic E-state index is 5.41. The number of aliphatic imine (C=N–C) groups is 2. The van der Waals surface area contributed by atoms with Gasteiger partial charge in [0.1, 0.15) is 6.21 Å². The van der Waals surface area contributed by atoms with E-state index in [1.165, 1.54) is 0 Å². The second-order valence-corrected chi connectivity index (χ2v) is 6.03. The Hall–Kier alpha value is -3.65. The molecule has 0 bridgehead atoms. The van der Waals surface area contributed by atoms with Crippen molar-refractivity contribution in [1.82, 2.24) is 4.59 Å². The van der Waals surface area contributed by atoms with Gasteiger partial charge >= 0.3 is 0 Å². The van der Waals surface area contributed by atoms with Gasteiger partial charge in [0, 0.05) is 30.0 Å². The third-order valence-electron chi connectivity index (χ3n) is 4.45. The first kappa shape index (κ1) is 17.7. The summed E-state index contributed by atoms with van der Waals surface area (Å²) in [6.45, 7) is 0. The summed E-state index contributed by atoms with van der Waals surface area (Å²) in [5.74, 6) is 2.76. The Kier molecular flexibility index (Phi) is 4.54. The third kappa shape index (κ3) is 2.89. The third-order valence-corrected chi connectivity index (χ3v) is 4.45. The number of amidine groups is 1. The number of nitrogens with zero attached hydrogens (tertiary/aromatic N) is 4.